The van der Waals surface area contributed by atoms with Gasteiger partial charge in [0.25, 0.3) is 0 Å². The predicted molar refractivity (Wildman–Crippen MR) is 119 cm³/mol. The van der Waals surface area contributed by atoms with Gasteiger partial charge in [0, 0.05) is 23.3 Å². The van der Waals surface area contributed by atoms with Crippen LogP contribution in [0.25, 0.3) is 0 Å². The molecule has 2 nitrogen and oxygen atoms in total. The van der Waals surface area contributed by atoms with Gasteiger partial charge in [0.2, 0.25) is 0 Å². The molecule has 0 radical (unpaired) electrons. The molecule has 26 heavy (non-hydrogen) atoms. The van der Waals surface area contributed by atoms with Crippen LogP contribution in [0.2, 0.25) is 0 Å². The molecule has 126 valence electrons. The number of rotatable bonds is 0. The Hall–Kier alpha value is -1.90. The van der Waals surface area contributed by atoms with Crippen molar-refractivity contribution in [1.29, 1.82) is 0 Å². The molecular weight excluding hydrogens is 546 g/mol. The fourth-order valence-corrected chi connectivity index (χ4v) is 3.79. The molecule has 0 saturated carbocycles. The molecule has 2 heterocycles. The van der Waals surface area contributed by atoms with Crippen LogP contribution >= 0.6 is 45.2 Å². The summed E-state index contributed by atoms with van der Waals surface area (Å²) in [7, 11) is 4.02. The summed E-state index contributed by atoms with van der Waals surface area (Å²) in [5.41, 5.74) is 4.00. The first-order valence-corrected chi connectivity index (χ1v) is 10.1. The van der Waals surface area contributed by atoms with Crippen LogP contribution in [0.1, 0.15) is 22.3 Å². The van der Waals surface area contributed by atoms with E-state index in [1.165, 1.54) is 0 Å². The summed E-state index contributed by atoms with van der Waals surface area (Å²) in [6, 6.07) is 12.1. The van der Waals surface area contributed by atoms with E-state index >= 15 is 0 Å². The zero-order chi connectivity index (χ0) is 18.5. The molecule has 0 atom stereocenters. The maximum Gasteiger partial charge on any atom is 0.183 e. The maximum atomic E-state index is 3.25. The smallest absolute Gasteiger partial charge is 0.183 e. The Morgan fingerprint density at radius 1 is 0.692 bits per heavy atom. The highest BCUT2D eigenvalue weighted by atomic mass is 127. The first kappa shape index (κ1) is 18.9. The molecule has 0 aliphatic rings. The topological polar surface area (TPSA) is 7.76 Å². The van der Waals surface area contributed by atoms with Crippen molar-refractivity contribution in [1.82, 2.24) is 0 Å². The van der Waals surface area contributed by atoms with Crippen molar-refractivity contribution in [3.8, 4) is 23.7 Å². The van der Waals surface area contributed by atoms with Crippen LogP contribution in [0.5, 0.6) is 0 Å². The lowest BCUT2D eigenvalue weighted by Gasteiger charge is -1.95. The molecule has 1 aromatic carbocycles. The molecule has 3 aromatic rings. The van der Waals surface area contributed by atoms with Gasteiger partial charge in [-0.2, -0.15) is 0 Å². The monoisotopic (exact) mass is 562 g/mol. The number of benzene rings is 1. The van der Waals surface area contributed by atoms with Gasteiger partial charge in [0.15, 0.2) is 24.8 Å². The summed E-state index contributed by atoms with van der Waals surface area (Å²) < 4.78 is 6.33. The molecule has 0 aliphatic heterocycles. The number of hydrogen-bond donors (Lipinski definition) is 0. The van der Waals surface area contributed by atoms with Gasteiger partial charge in [0.05, 0.1) is 18.3 Å². The van der Waals surface area contributed by atoms with Crippen molar-refractivity contribution in [3.05, 3.63) is 90.6 Å². The normalized spacial score (nSPS) is 9.69. The maximum absolute atomic E-state index is 3.25. The minimum absolute atomic E-state index is 0.968. The van der Waals surface area contributed by atoms with Gasteiger partial charge < -0.3 is 0 Å². The molecule has 0 N–H and O–H groups in total. The van der Waals surface area contributed by atoms with Gasteiger partial charge >= 0.3 is 0 Å². The zero-order valence-electron chi connectivity index (χ0n) is 14.4. The van der Waals surface area contributed by atoms with Crippen molar-refractivity contribution in [2.45, 2.75) is 0 Å². The molecule has 0 amide bonds. The molecule has 0 saturated heterocycles. The van der Waals surface area contributed by atoms with Crippen molar-refractivity contribution in [2.75, 3.05) is 0 Å². The van der Waals surface area contributed by atoms with Gasteiger partial charge in [-0.05, 0) is 63.4 Å². The third-order valence-corrected chi connectivity index (χ3v) is 5.37. The van der Waals surface area contributed by atoms with Crippen molar-refractivity contribution in [3.63, 3.8) is 0 Å². The molecule has 0 spiro atoms. The van der Waals surface area contributed by atoms with Crippen molar-refractivity contribution < 1.29 is 9.13 Å². The van der Waals surface area contributed by atoms with Gasteiger partial charge in [-0.1, -0.05) is 29.7 Å². The first-order valence-electron chi connectivity index (χ1n) is 7.95. The number of aromatic nitrogens is 2. The van der Waals surface area contributed by atoms with Crippen LogP contribution in [0.15, 0.2) is 61.2 Å². The lowest BCUT2D eigenvalue weighted by molar-refractivity contribution is -0.672. The van der Waals surface area contributed by atoms with Gasteiger partial charge in [-0.3, -0.25) is 0 Å². The second-order valence-electron chi connectivity index (χ2n) is 5.82. The number of nitrogens with zero attached hydrogens (tertiary/aromatic N) is 2. The van der Waals surface area contributed by atoms with Crippen LogP contribution in [-0.2, 0) is 14.1 Å². The molecule has 2 aromatic heterocycles. The van der Waals surface area contributed by atoms with Gasteiger partial charge in [-0.25, -0.2) is 9.13 Å². The number of pyridine rings is 2. The second-order valence-corrected chi connectivity index (χ2v) is 8.15. The minimum atomic E-state index is 0.968. The second kappa shape index (κ2) is 8.66. The van der Waals surface area contributed by atoms with E-state index < -0.39 is 0 Å². The Bertz CT molecular complexity index is 1010. The molecule has 0 bridgehead atoms. The van der Waals surface area contributed by atoms with E-state index in [2.05, 4.69) is 81.3 Å². The van der Waals surface area contributed by atoms with Gasteiger partial charge in [0.1, 0.15) is 14.1 Å². The minimum Gasteiger partial charge on any atom is -0.207 e. The SMILES string of the molecule is C[n+]1ccc(C#Cc2cccc(C#Cc3cc[n+](C)cc3I)c2)c(I)c1. The van der Waals surface area contributed by atoms with E-state index in [1.54, 1.807) is 0 Å². The predicted octanol–water partition coefficient (Wildman–Crippen LogP) is 3.34. The van der Waals surface area contributed by atoms with Crippen molar-refractivity contribution >= 4 is 45.2 Å². The van der Waals surface area contributed by atoms with Crippen LogP contribution < -0.4 is 9.13 Å². The lowest BCUT2D eigenvalue weighted by Crippen LogP contribution is -2.27. The van der Waals surface area contributed by atoms with E-state index in [-0.39, 0.29) is 0 Å². The van der Waals surface area contributed by atoms with E-state index in [1.807, 2.05) is 72.0 Å². The molecule has 0 unspecified atom stereocenters. The Morgan fingerprint density at radius 3 is 1.58 bits per heavy atom. The highest BCUT2D eigenvalue weighted by molar-refractivity contribution is 14.1. The molecule has 4 heteroatoms. The van der Waals surface area contributed by atoms with Crippen LogP contribution in [0, 0.1) is 30.8 Å². The molecule has 0 fully saturated rings. The third kappa shape index (κ3) is 5.06. The summed E-state index contributed by atoms with van der Waals surface area (Å²) in [5.74, 6) is 13.0. The summed E-state index contributed by atoms with van der Waals surface area (Å²) in [6.07, 6.45) is 8.15. The number of aryl methyl sites for hydroxylation is 2. The third-order valence-electron chi connectivity index (χ3n) is 3.65. The van der Waals surface area contributed by atoms with Gasteiger partial charge in [-0.15, -0.1) is 0 Å². The standard InChI is InChI=1S/C22H16I2N2/c1-25-12-10-19(21(23)15-25)8-6-17-4-3-5-18(14-17)7-9-20-11-13-26(2)16-22(20)24/h3-5,10-16H,1-2H3/q+2. The largest absolute Gasteiger partial charge is 0.207 e. The fraction of sp³-hybridized carbons (Fsp3) is 0.0909. The zero-order valence-corrected chi connectivity index (χ0v) is 18.7. The Labute approximate surface area is 181 Å². The van der Waals surface area contributed by atoms with E-state index in [0.29, 0.717) is 0 Å². The van der Waals surface area contributed by atoms with Crippen LogP contribution in [0.3, 0.4) is 0 Å². The fourth-order valence-electron chi connectivity index (χ4n) is 2.28. The van der Waals surface area contributed by atoms with Crippen LogP contribution in [0.4, 0.5) is 0 Å². The average Bonchev–Trinajstić information content (AvgIpc) is 2.61. The quantitative estimate of drug-likeness (QED) is 0.226. The molecule has 3 rings (SSSR count). The van der Waals surface area contributed by atoms with Crippen molar-refractivity contribution in [2.24, 2.45) is 14.1 Å². The summed E-state index contributed by atoms with van der Waals surface area (Å²) in [5, 5.41) is 0. The van der Waals surface area contributed by atoms with E-state index in [0.717, 1.165) is 29.4 Å². The van der Waals surface area contributed by atoms with E-state index in [9.17, 15) is 0 Å². The van der Waals surface area contributed by atoms with Crippen LogP contribution in [-0.4, -0.2) is 0 Å². The highest BCUT2D eigenvalue weighted by Crippen LogP contribution is 2.10. The Morgan fingerprint density at radius 2 is 1.15 bits per heavy atom. The number of halogens is 2. The molecule has 0 aliphatic carbocycles. The Kier molecular flexibility index (Phi) is 6.29. The van der Waals surface area contributed by atoms with E-state index in [4.69, 9.17) is 0 Å². The first-order chi connectivity index (χ1) is 12.5. The average molecular weight is 562 g/mol. The summed E-state index contributed by atoms with van der Waals surface area (Å²) >= 11 is 4.62. The summed E-state index contributed by atoms with van der Waals surface area (Å²) in [4.78, 5) is 0. The lowest BCUT2D eigenvalue weighted by atomic mass is 10.1. The summed E-state index contributed by atoms with van der Waals surface area (Å²) in [6.45, 7) is 0. The Balaban J connectivity index is 1.86. The highest BCUT2D eigenvalue weighted by Gasteiger charge is 2.02. The molecular formula is C22H16I2N2+2. The number of hydrogen-bond acceptors (Lipinski definition) is 0.